The first-order valence-electron chi connectivity index (χ1n) is 8.50. The first-order valence-corrected chi connectivity index (χ1v) is 8.50. The lowest BCUT2D eigenvalue weighted by Crippen LogP contribution is -2.36. The Kier molecular flexibility index (Phi) is 4.96. The van der Waals surface area contributed by atoms with Crippen LogP contribution in [0.5, 0.6) is 0 Å². The third-order valence-corrected chi connectivity index (χ3v) is 4.85. The first-order chi connectivity index (χ1) is 11.1. The fourth-order valence-electron chi connectivity index (χ4n) is 3.61. The monoisotopic (exact) mass is 316 g/mol. The fourth-order valence-corrected chi connectivity index (χ4v) is 3.61. The summed E-state index contributed by atoms with van der Waals surface area (Å²) in [6, 6.07) is 7.27. The molecule has 3 rings (SSSR count). The maximum Gasteiger partial charge on any atom is 0.320 e. The zero-order valence-corrected chi connectivity index (χ0v) is 13.4. The van der Waals surface area contributed by atoms with Crippen LogP contribution in [-0.2, 0) is 11.3 Å². The van der Waals surface area contributed by atoms with E-state index in [0.717, 1.165) is 50.0 Å². The summed E-state index contributed by atoms with van der Waals surface area (Å²) in [7, 11) is 0. The number of carboxylic acid groups (broad SMARTS) is 1. The predicted octanol–water partition coefficient (Wildman–Crippen LogP) is 2.36. The van der Waals surface area contributed by atoms with Crippen molar-refractivity contribution < 1.29 is 14.7 Å². The van der Waals surface area contributed by atoms with Gasteiger partial charge in [0.25, 0.3) is 5.91 Å². The van der Waals surface area contributed by atoms with Crippen molar-refractivity contribution in [1.29, 1.82) is 0 Å². The average molecular weight is 316 g/mol. The van der Waals surface area contributed by atoms with Crippen molar-refractivity contribution in [1.82, 2.24) is 9.80 Å². The van der Waals surface area contributed by atoms with Gasteiger partial charge in [-0.05, 0) is 56.3 Å². The van der Waals surface area contributed by atoms with Crippen molar-refractivity contribution in [3.63, 3.8) is 0 Å². The molecule has 0 aliphatic carbocycles. The number of piperidine rings is 1. The number of nitrogens with zero attached hydrogens (tertiary/aromatic N) is 2. The molecule has 0 aromatic heterocycles. The Labute approximate surface area is 136 Å². The lowest BCUT2D eigenvalue weighted by atomic mass is 10.1. The minimum absolute atomic E-state index is 0.0998. The second-order valence-corrected chi connectivity index (χ2v) is 6.52. The molecule has 0 spiro atoms. The van der Waals surface area contributed by atoms with E-state index >= 15 is 0 Å². The summed E-state index contributed by atoms with van der Waals surface area (Å²) in [5.74, 6) is -0.647. The molecule has 5 heteroatoms. The van der Waals surface area contributed by atoms with Gasteiger partial charge in [-0.15, -0.1) is 0 Å². The van der Waals surface area contributed by atoms with Crippen LogP contribution in [0.1, 0.15) is 48.0 Å². The Balaban J connectivity index is 1.69. The molecular weight excluding hydrogens is 292 g/mol. The quantitative estimate of drug-likeness (QED) is 0.926. The zero-order valence-electron chi connectivity index (χ0n) is 13.4. The number of amides is 1. The van der Waals surface area contributed by atoms with Crippen LogP contribution in [0.15, 0.2) is 24.3 Å². The summed E-state index contributed by atoms with van der Waals surface area (Å²) in [5.41, 5.74) is 1.73. The van der Waals surface area contributed by atoms with Crippen LogP contribution in [-0.4, -0.2) is 52.5 Å². The Morgan fingerprint density at radius 3 is 2.61 bits per heavy atom. The highest BCUT2D eigenvalue weighted by Gasteiger charge is 2.30. The molecule has 23 heavy (non-hydrogen) atoms. The van der Waals surface area contributed by atoms with E-state index in [0.29, 0.717) is 13.0 Å². The molecule has 2 heterocycles. The number of carboxylic acids is 1. The topological polar surface area (TPSA) is 60.9 Å². The fraction of sp³-hybridized carbons (Fsp3) is 0.556. The Morgan fingerprint density at radius 2 is 1.87 bits per heavy atom. The van der Waals surface area contributed by atoms with Gasteiger partial charge < -0.3 is 10.0 Å². The van der Waals surface area contributed by atoms with E-state index in [1.807, 2.05) is 34.1 Å². The summed E-state index contributed by atoms with van der Waals surface area (Å²) in [4.78, 5) is 27.8. The molecule has 0 saturated carbocycles. The molecule has 1 unspecified atom stereocenters. The predicted molar refractivity (Wildman–Crippen MR) is 87.3 cm³/mol. The van der Waals surface area contributed by atoms with Gasteiger partial charge in [0.15, 0.2) is 0 Å². The number of carbonyl (C=O) groups excluding carboxylic acids is 1. The molecule has 2 fully saturated rings. The van der Waals surface area contributed by atoms with Crippen molar-refractivity contribution in [3.8, 4) is 0 Å². The van der Waals surface area contributed by atoms with E-state index in [4.69, 9.17) is 0 Å². The normalized spacial score (nSPS) is 22.3. The van der Waals surface area contributed by atoms with Gasteiger partial charge in [0.2, 0.25) is 0 Å². The zero-order chi connectivity index (χ0) is 16.2. The van der Waals surface area contributed by atoms with Gasteiger partial charge in [-0.3, -0.25) is 14.5 Å². The lowest BCUT2D eigenvalue weighted by molar-refractivity contribution is -0.142. The van der Waals surface area contributed by atoms with Crippen molar-refractivity contribution in [2.75, 3.05) is 19.6 Å². The maximum absolute atomic E-state index is 12.6. The third kappa shape index (κ3) is 3.72. The summed E-state index contributed by atoms with van der Waals surface area (Å²) in [6.07, 6.45) is 5.00. The summed E-state index contributed by atoms with van der Waals surface area (Å²) in [5, 5.41) is 9.27. The molecule has 2 saturated heterocycles. The van der Waals surface area contributed by atoms with Gasteiger partial charge in [0.05, 0.1) is 0 Å². The van der Waals surface area contributed by atoms with E-state index in [2.05, 4.69) is 0 Å². The molecule has 2 aliphatic heterocycles. The van der Waals surface area contributed by atoms with Crippen LogP contribution < -0.4 is 0 Å². The largest absolute Gasteiger partial charge is 0.480 e. The van der Waals surface area contributed by atoms with Gasteiger partial charge >= 0.3 is 5.97 Å². The second kappa shape index (κ2) is 7.13. The third-order valence-electron chi connectivity index (χ3n) is 4.85. The molecule has 1 aromatic rings. The highest BCUT2D eigenvalue weighted by Crippen LogP contribution is 2.21. The van der Waals surface area contributed by atoms with Crippen LogP contribution in [0.25, 0.3) is 0 Å². The molecule has 0 radical (unpaired) electrons. The molecule has 0 bridgehead atoms. The highest BCUT2D eigenvalue weighted by atomic mass is 16.4. The van der Waals surface area contributed by atoms with Crippen molar-refractivity contribution in [2.24, 2.45) is 0 Å². The average Bonchev–Trinajstić information content (AvgIpc) is 3.03. The van der Waals surface area contributed by atoms with E-state index in [1.165, 1.54) is 6.42 Å². The SMILES string of the molecule is O=C(O)C1CCCN1Cc1cccc(C(=O)N2CCCCC2)c1. The van der Waals surface area contributed by atoms with Crippen molar-refractivity contribution in [3.05, 3.63) is 35.4 Å². The summed E-state index contributed by atoms with van der Waals surface area (Å²) >= 11 is 0. The standard InChI is InChI=1S/C18H24N2O3/c21-17(19-9-2-1-3-10-19)15-7-4-6-14(12-15)13-20-11-5-8-16(20)18(22)23/h4,6-7,12,16H,1-3,5,8-11,13H2,(H,22,23). The van der Waals surface area contributed by atoms with Crippen molar-refractivity contribution >= 4 is 11.9 Å². The van der Waals surface area contributed by atoms with Gasteiger partial charge in [-0.1, -0.05) is 12.1 Å². The van der Waals surface area contributed by atoms with Crippen molar-refractivity contribution in [2.45, 2.75) is 44.7 Å². The second-order valence-electron chi connectivity index (χ2n) is 6.52. The molecule has 5 nitrogen and oxygen atoms in total. The molecule has 1 aromatic carbocycles. The van der Waals surface area contributed by atoms with Crippen LogP contribution in [0, 0.1) is 0 Å². The summed E-state index contributed by atoms with van der Waals surface area (Å²) < 4.78 is 0. The minimum Gasteiger partial charge on any atom is -0.480 e. The molecule has 124 valence electrons. The number of likely N-dealkylation sites (tertiary alicyclic amines) is 2. The van der Waals surface area contributed by atoms with Gasteiger partial charge in [-0.25, -0.2) is 0 Å². The lowest BCUT2D eigenvalue weighted by Gasteiger charge is -2.27. The van der Waals surface area contributed by atoms with Crippen LogP contribution in [0.2, 0.25) is 0 Å². The Morgan fingerprint density at radius 1 is 1.09 bits per heavy atom. The smallest absolute Gasteiger partial charge is 0.320 e. The van der Waals surface area contributed by atoms with Crippen LogP contribution >= 0.6 is 0 Å². The Bertz CT molecular complexity index is 581. The van der Waals surface area contributed by atoms with Gasteiger partial charge in [-0.2, -0.15) is 0 Å². The number of aliphatic carboxylic acids is 1. The van der Waals surface area contributed by atoms with E-state index < -0.39 is 12.0 Å². The van der Waals surface area contributed by atoms with E-state index in [9.17, 15) is 14.7 Å². The first kappa shape index (κ1) is 16.0. The maximum atomic E-state index is 12.6. The summed E-state index contributed by atoms with van der Waals surface area (Å²) in [6.45, 7) is 3.09. The van der Waals surface area contributed by atoms with Gasteiger partial charge in [0.1, 0.15) is 6.04 Å². The highest BCUT2D eigenvalue weighted by molar-refractivity contribution is 5.94. The van der Waals surface area contributed by atoms with Crippen LogP contribution in [0.3, 0.4) is 0 Å². The number of carbonyl (C=O) groups is 2. The molecule has 1 N–H and O–H groups in total. The van der Waals surface area contributed by atoms with Crippen LogP contribution in [0.4, 0.5) is 0 Å². The molecule has 1 atom stereocenters. The number of rotatable bonds is 4. The minimum atomic E-state index is -0.747. The van der Waals surface area contributed by atoms with E-state index in [-0.39, 0.29) is 5.91 Å². The Hall–Kier alpha value is -1.88. The number of benzene rings is 1. The number of hydrogen-bond acceptors (Lipinski definition) is 3. The molecular formula is C18H24N2O3. The van der Waals surface area contributed by atoms with E-state index in [1.54, 1.807) is 0 Å². The number of hydrogen-bond donors (Lipinski definition) is 1. The molecule has 2 aliphatic rings. The van der Waals surface area contributed by atoms with Gasteiger partial charge in [0, 0.05) is 25.2 Å². The molecule has 1 amide bonds.